The number of fused-ring (bicyclic) bond motifs is 10. The molecule has 35 heavy (non-hydrogen) atoms. The van der Waals surface area contributed by atoms with Crippen LogP contribution in [0.3, 0.4) is 0 Å². The van der Waals surface area contributed by atoms with E-state index in [0.717, 1.165) is 49.2 Å². The van der Waals surface area contributed by atoms with E-state index in [1.807, 2.05) is 36.4 Å². The van der Waals surface area contributed by atoms with E-state index in [4.69, 9.17) is 18.9 Å². The first-order valence-corrected chi connectivity index (χ1v) is 11.8. The van der Waals surface area contributed by atoms with Crippen LogP contribution >= 0.6 is 0 Å². The quantitative estimate of drug-likeness (QED) is 0.261. The third-order valence-electron chi connectivity index (χ3n) is 6.52. The van der Waals surface area contributed by atoms with E-state index in [1.165, 1.54) is 0 Å². The molecule has 0 aliphatic carbocycles. The van der Waals surface area contributed by atoms with Gasteiger partial charge >= 0.3 is 0 Å². The van der Waals surface area contributed by atoms with Crippen molar-refractivity contribution < 1.29 is 23.7 Å². The summed E-state index contributed by atoms with van der Waals surface area (Å²) in [6, 6.07) is 16.2. The van der Waals surface area contributed by atoms with Crippen LogP contribution in [0, 0.1) is 0 Å². The van der Waals surface area contributed by atoms with E-state index in [1.54, 1.807) is 7.11 Å². The van der Waals surface area contributed by atoms with Gasteiger partial charge in [-0.3, -0.25) is 4.79 Å². The number of amides is 1. The molecule has 3 heterocycles. The van der Waals surface area contributed by atoms with Crippen molar-refractivity contribution in [3.63, 3.8) is 0 Å². The molecule has 3 N–H and O–H groups in total. The smallest absolute Gasteiger partial charge is 0.254 e. The lowest BCUT2D eigenvalue weighted by molar-refractivity contribution is -0.0215. The molecule has 0 saturated carbocycles. The molecular weight excluding hydrogens is 446 g/mol. The zero-order chi connectivity index (χ0) is 23.8. The standard InChI is InChI=1S/C27H27N3O5/c1-32-10-11-33-12-13-34-14-15-35-27-23-21-17-7-3-5-9-19(17)29-25(21)24-20(22(23)26(31)30-27)16-6-2-4-8-18(16)28-24/h2-9,27-29H,10-15H2,1H3,(H,30,31). The molecule has 6 rings (SSSR count). The Labute approximate surface area is 201 Å². The second-order valence-electron chi connectivity index (χ2n) is 8.57. The number of methoxy groups -OCH3 is 1. The average Bonchev–Trinajstić information content (AvgIpc) is 3.54. The number of ether oxygens (including phenoxy) is 4. The first-order chi connectivity index (χ1) is 17.3. The van der Waals surface area contributed by atoms with Gasteiger partial charge in [0.1, 0.15) is 0 Å². The van der Waals surface area contributed by atoms with Crippen molar-refractivity contribution in [3.8, 4) is 0 Å². The van der Waals surface area contributed by atoms with Gasteiger partial charge in [0, 0.05) is 45.3 Å². The Balaban J connectivity index is 1.35. The number of aromatic amines is 2. The molecule has 0 radical (unpaired) electrons. The van der Waals surface area contributed by atoms with Crippen LogP contribution in [0.15, 0.2) is 48.5 Å². The SMILES string of the molecule is COCCOCCOCCOC1NC(=O)c2c1c1c3ccccc3[nH]c1c1[nH]c3ccccc3c21. The Kier molecular flexibility index (Phi) is 5.87. The topological polar surface area (TPSA) is 97.6 Å². The molecule has 180 valence electrons. The summed E-state index contributed by atoms with van der Waals surface area (Å²) in [6.07, 6.45) is -0.557. The molecule has 1 amide bonds. The third kappa shape index (κ3) is 3.75. The lowest BCUT2D eigenvalue weighted by Gasteiger charge is -2.15. The number of para-hydroxylation sites is 2. The Hall–Kier alpha value is -3.43. The van der Waals surface area contributed by atoms with Crippen LogP contribution in [-0.2, 0) is 18.9 Å². The van der Waals surface area contributed by atoms with Gasteiger partial charge in [0.15, 0.2) is 6.23 Å². The maximum absolute atomic E-state index is 13.3. The molecule has 1 atom stereocenters. The van der Waals surface area contributed by atoms with E-state index in [2.05, 4.69) is 27.4 Å². The van der Waals surface area contributed by atoms with Gasteiger partial charge in [-0.1, -0.05) is 36.4 Å². The molecule has 1 aliphatic heterocycles. The average molecular weight is 474 g/mol. The van der Waals surface area contributed by atoms with Gasteiger partial charge < -0.3 is 34.2 Å². The highest BCUT2D eigenvalue weighted by Gasteiger charge is 2.36. The lowest BCUT2D eigenvalue weighted by atomic mass is 9.96. The molecule has 0 spiro atoms. The molecule has 1 unspecified atom stereocenters. The van der Waals surface area contributed by atoms with Gasteiger partial charge in [0.05, 0.1) is 56.2 Å². The number of benzene rings is 3. The summed E-state index contributed by atoms with van der Waals surface area (Å²) in [5, 5.41) is 7.06. The monoisotopic (exact) mass is 473 g/mol. The minimum Gasteiger partial charge on any atom is -0.382 e. The number of carbonyl (C=O) groups excluding carboxylic acids is 1. The van der Waals surface area contributed by atoms with E-state index in [9.17, 15) is 4.79 Å². The molecule has 0 saturated heterocycles. The van der Waals surface area contributed by atoms with Gasteiger partial charge in [-0.15, -0.1) is 0 Å². The van der Waals surface area contributed by atoms with Crippen molar-refractivity contribution in [2.45, 2.75) is 6.23 Å². The Morgan fingerprint density at radius 1 is 0.743 bits per heavy atom. The van der Waals surface area contributed by atoms with E-state index in [-0.39, 0.29) is 5.91 Å². The second kappa shape index (κ2) is 9.31. The minimum absolute atomic E-state index is 0.126. The fourth-order valence-corrected chi connectivity index (χ4v) is 5.03. The summed E-state index contributed by atoms with van der Waals surface area (Å²) in [7, 11) is 1.64. The number of aromatic nitrogens is 2. The molecule has 0 fully saturated rings. The lowest BCUT2D eigenvalue weighted by Crippen LogP contribution is -2.23. The van der Waals surface area contributed by atoms with Crippen LogP contribution in [0.2, 0.25) is 0 Å². The predicted octanol–water partition coefficient (Wildman–Crippen LogP) is 4.39. The minimum atomic E-state index is -0.557. The number of nitrogens with one attached hydrogen (secondary N) is 3. The molecule has 5 aromatic rings. The van der Waals surface area contributed by atoms with E-state index >= 15 is 0 Å². The van der Waals surface area contributed by atoms with Crippen molar-refractivity contribution in [3.05, 3.63) is 59.7 Å². The summed E-state index contributed by atoms with van der Waals surface area (Å²) >= 11 is 0. The molecule has 1 aliphatic rings. The van der Waals surface area contributed by atoms with Crippen LogP contribution in [-0.4, -0.2) is 62.6 Å². The Morgan fingerprint density at radius 2 is 1.31 bits per heavy atom. The fourth-order valence-electron chi connectivity index (χ4n) is 5.03. The number of hydrogen-bond donors (Lipinski definition) is 3. The summed E-state index contributed by atoms with van der Waals surface area (Å²) < 4.78 is 22.2. The molecule has 8 heteroatoms. The summed E-state index contributed by atoms with van der Waals surface area (Å²) in [4.78, 5) is 20.4. The molecule has 0 bridgehead atoms. The van der Waals surface area contributed by atoms with Crippen molar-refractivity contribution >= 4 is 49.5 Å². The highest BCUT2D eigenvalue weighted by molar-refractivity contribution is 6.30. The first kappa shape index (κ1) is 22.1. The first-order valence-electron chi connectivity index (χ1n) is 11.8. The summed E-state index contributed by atoms with van der Waals surface area (Å²) in [6.45, 7) is 2.84. The normalized spacial score (nSPS) is 15.6. The summed E-state index contributed by atoms with van der Waals surface area (Å²) in [5.41, 5.74) is 5.48. The van der Waals surface area contributed by atoms with Gasteiger partial charge in [-0.2, -0.15) is 0 Å². The molecular formula is C27H27N3O5. The van der Waals surface area contributed by atoms with Crippen LogP contribution in [0.25, 0.3) is 43.6 Å². The van der Waals surface area contributed by atoms with Crippen molar-refractivity contribution in [2.24, 2.45) is 0 Å². The molecule has 2 aromatic heterocycles. The van der Waals surface area contributed by atoms with Crippen molar-refractivity contribution in [1.82, 2.24) is 15.3 Å². The zero-order valence-electron chi connectivity index (χ0n) is 19.5. The summed E-state index contributed by atoms with van der Waals surface area (Å²) in [5.74, 6) is -0.126. The van der Waals surface area contributed by atoms with Crippen molar-refractivity contribution in [2.75, 3.05) is 46.8 Å². The molecule has 8 nitrogen and oxygen atoms in total. The van der Waals surface area contributed by atoms with Crippen LogP contribution in [0.5, 0.6) is 0 Å². The highest BCUT2D eigenvalue weighted by atomic mass is 16.6. The van der Waals surface area contributed by atoms with Gasteiger partial charge in [-0.05, 0) is 12.1 Å². The number of hydrogen-bond acceptors (Lipinski definition) is 5. The maximum atomic E-state index is 13.3. The maximum Gasteiger partial charge on any atom is 0.254 e. The van der Waals surface area contributed by atoms with Crippen molar-refractivity contribution in [1.29, 1.82) is 0 Å². The third-order valence-corrected chi connectivity index (χ3v) is 6.52. The number of H-pyrrole nitrogens is 2. The Bertz CT molecular complexity index is 1540. The largest absolute Gasteiger partial charge is 0.382 e. The highest BCUT2D eigenvalue weighted by Crippen LogP contribution is 2.44. The van der Waals surface area contributed by atoms with Crippen LogP contribution in [0.4, 0.5) is 0 Å². The van der Waals surface area contributed by atoms with Crippen LogP contribution < -0.4 is 5.32 Å². The van der Waals surface area contributed by atoms with Crippen LogP contribution in [0.1, 0.15) is 22.1 Å². The number of rotatable bonds is 10. The fraction of sp³-hybridized carbons (Fsp3) is 0.296. The predicted molar refractivity (Wildman–Crippen MR) is 135 cm³/mol. The molecule has 3 aromatic carbocycles. The van der Waals surface area contributed by atoms with E-state index in [0.29, 0.717) is 45.2 Å². The van der Waals surface area contributed by atoms with Gasteiger partial charge in [0.2, 0.25) is 0 Å². The second-order valence-corrected chi connectivity index (χ2v) is 8.57. The number of carbonyl (C=O) groups is 1. The Morgan fingerprint density at radius 3 is 2.00 bits per heavy atom. The van der Waals surface area contributed by atoms with Gasteiger partial charge in [0.25, 0.3) is 5.91 Å². The van der Waals surface area contributed by atoms with Gasteiger partial charge in [-0.25, -0.2) is 0 Å². The van der Waals surface area contributed by atoms with E-state index < -0.39 is 6.23 Å². The zero-order valence-corrected chi connectivity index (χ0v) is 19.5.